The number of benzene rings is 5. The zero-order valence-electron chi connectivity index (χ0n) is 27.1. The number of nitrogens with one attached hydrogen (secondary N) is 2. The molecule has 0 heterocycles. The van der Waals surface area contributed by atoms with E-state index in [0.717, 1.165) is 23.3 Å². The molecular formula is C38H35F2N3O6S. The summed E-state index contributed by atoms with van der Waals surface area (Å²) >= 11 is 0. The predicted octanol–water partition coefficient (Wildman–Crippen LogP) is 6.11. The quantitative estimate of drug-likeness (QED) is 0.136. The van der Waals surface area contributed by atoms with Crippen LogP contribution in [0.1, 0.15) is 16.7 Å². The number of carbonyl (C=O) groups is 2. The Hall–Kier alpha value is -5.75. The van der Waals surface area contributed by atoms with Crippen LogP contribution in [0.2, 0.25) is 0 Å². The number of anilines is 1. The smallest absolute Gasteiger partial charge is 0.261 e. The van der Waals surface area contributed by atoms with Crippen molar-refractivity contribution in [2.75, 3.05) is 18.4 Å². The molecule has 0 bridgehead atoms. The van der Waals surface area contributed by atoms with E-state index in [1.165, 1.54) is 53.4 Å². The number of carbonyl (C=O) groups excluding carboxylic acids is 2. The maximum atomic E-state index is 13.9. The average Bonchev–Trinajstić information content (AvgIpc) is 3.13. The van der Waals surface area contributed by atoms with Crippen LogP contribution in [-0.2, 0) is 39.1 Å². The molecule has 5 rings (SSSR count). The van der Waals surface area contributed by atoms with Crippen LogP contribution >= 0.6 is 0 Å². The Morgan fingerprint density at radius 2 is 1.38 bits per heavy atom. The third kappa shape index (κ3) is 9.66. The van der Waals surface area contributed by atoms with Crippen molar-refractivity contribution < 1.29 is 36.3 Å². The summed E-state index contributed by atoms with van der Waals surface area (Å²) < 4.78 is 66.3. The summed E-state index contributed by atoms with van der Waals surface area (Å²) in [5.41, 5.74) is 2.35. The summed E-state index contributed by atoms with van der Waals surface area (Å²) in [6, 6.07) is 31.5. The van der Waals surface area contributed by atoms with Crippen LogP contribution < -0.4 is 19.5 Å². The third-order valence-corrected chi connectivity index (χ3v) is 9.17. The second-order valence-corrected chi connectivity index (χ2v) is 12.9. The van der Waals surface area contributed by atoms with Gasteiger partial charge in [-0.25, -0.2) is 17.2 Å². The number of amides is 2. The zero-order chi connectivity index (χ0) is 35.5. The number of halogens is 2. The Morgan fingerprint density at radius 3 is 2.04 bits per heavy atom. The van der Waals surface area contributed by atoms with Crippen molar-refractivity contribution in [2.24, 2.45) is 0 Å². The number of methoxy groups -OCH3 is 1. The maximum absolute atomic E-state index is 13.9. The minimum absolute atomic E-state index is 0.0196. The van der Waals surface area contributed by atoms with E-state index in [1.807, 2.05) is 48.5 Å². The van der Waals surface area contributed by atoms with E-state index >= 15 is 0 Å². The van der Waals surface area contributed by atoms with Crippen LogP contribution in [-0.4, -0.2) is 44.9 Å². The summed E-state index contributed by atoms with van der Waals surface area (Å²) in [7, 11) is -2.45. The third-order valence-electron chi connectivity index (χ3n) is 7.78. The molecule has 9 nitrogen and oxygen atoms in total. The Kier molecular flexibility index (Phi) is 11.8. The molecule has 0 aromatic heterocycles. The molecule has 12 heteroatoms. The summed E-state index contributed by atoms with van der Waals surface area (Å²) in [6.45, 7) is -0.352. The molecule has 0 saturated heterocycles. The molecule has 5 aromatic rings. The highest BCUT2D eigenvalue weighted by Crippen LogP contribution is 2.22. The van der Waals surface area contributed by atoms with Gasteiger partial charge in [-0.3, -0.25) is 14.3 Å². The number of para-hydroxylation sites is 1. The van der Waals surface area contributed by atoms with Crippen LogP contribution in [0.4, 0.5) is 14.5 Å². The number of rotatable bonds is 15. The molecule has 1 atom stereocenters. The van der Waals surface area contributed by atoms with E-state index in [2.05, 4.69) is 10.0 Å². The van der Waals surface area contributed by atoms with Gasteiger partial charge in [0.2, 0.25) is 5.91 Å². The number of sulfonamides is 1. The fourth-order valence-electron chi connectivity index (χ4n) is 5.16. The number of ether oxygens (including phenoxy) is 2. The second kappa shape index (κ2) is 16.6. The summed E-state index contributed by atoms with van der Waals surface area (Å²) in [5, 5.41) is 2.94. The first-order chi connectivity index (χ1) is 24.1. The Morgan fingerprint density at radius 1 is 0.760 bits per heavy atom. The lowest BCUT2D eigenvalue weighted by Gasteiger charge is -2.31. The van der Waals surface area contributed by atoms with Gasteiger partial charge in [0.25, 0.3) is 15.9 Å². The molecule has 258 valence electrons. The van der Waals surface area contributed by atoms with Crippen molar-refractivity contribution in [2.45, 2.75) is 30.4 Å². The molecule has 2 amide bonds. The van der Waals surface area contributed by atoms with Gasteiger partial charge in [-0.15, -0.1) is 0 Å². The first-order valence-corrected chi connectivity index (χ1v) is 17.1. The topological polar surface area (TPSA) is 114 Å². The molecule has 0 aliphatic rings. The molecule has 5 aromatic carbocycles. The van der Waals surface area contributed by atoms with Gasteiger partial charge in [-0.2, -0.15) is 0 Å². The van der Waals surface area contributed by atoms with Gasteiger partial charge in [0.1, 0.15) is 29.2 Å². The molecule has 0 saturated carbocycles. The van der Waals surface area contributed by atoms with E-state index in [9.17, 15) is 26.8 Å². The normalized spacial score (nSPS) is 11.7. The van der Waals surface area contributed by atoms with Gasteiger partial charge in [-0.05, 0) is 77.9 Å². The molecular weight excluding hydrogens is 664 g/mol. The molecule has 0 aliphatic heterocycles. The van der Waals surface area contributed by atoms with Gasteiger partial charge in [-0.1, -0.05) is 60.7 Å². The van der Waals surface area contributed by atoms with Crippen molar-refractivity contribution in [1.29, 1.82) is 0 Å². The average molecular weight is 700 g/mol. The number of nitrogens with zero attached hydrogens (tertiary/aromatic N) is 1. The predicted molar refractivity (Wildman–Crippen MR) is 185 cm³/mol. The molecule has 0 spiro atoms. The Labute approximate surface area is 289 Å². The Balaban J connectivity index is 1.36. The van der Waals surface area contributed by atoms with E-state index in [4.69, 9.17) is 9.47 Å². The highest BCUT2D eigenvalue weighted by molar-refractivity contribution is 7.92. The minimum Gasteiger partial charge on any atom is -0.496 e. The van der Waals surface area contributed by atoms with Gasteiger partial charge in [0, 0.05) is 30.8 Å². The largest absolute Gasteiger partial charge is 0.496 e. The minimum atomic E-state index is -3.99. The van der Waals surface area contributed by atoms with Crippen molar-refractivity contribution in [1.82, 2.24) is 10.2 Å². The van der Waals surface area contributed by atoms with E-state index in [-0.39, 0.29) is 35.8 Å². The monoisotopic (exact) mass is 699 g/mol. The highest BCUT2D eigenvalue weighted by Gasteiger charge is 2.31. The molecule has 0 radical (unpaired) electrons. The lowest BCUT2D eigenvalue weighted by atomic mass is 10.0. The van der Waals surface area contributed by atoms with Crippen LogP contribution in [0.5, 0.6) is 11.5 Å². The van der Waals surface area contributed by atoms with Gasteiger partial charge < -0.3 is 19.7 Å². The first kappa shape index (κ1) is 35.6. The standard InChI is InChI=1S/C38H35F2N3O6S/c1-48-36-10-6-5-9-29(36)24-41-38(45)35(23-27-7-3-2-4-8-27)43(25-28-11-13-30(39)14-12-28)37(44)26-49-33-19-21-34(22-20-33)50(46,47)42-32-17-15-31(40)16-18-32/h2-22,35,42H,23-26H2,1H3,(H,41,45). The summed E-state index contributed by atoms with van der Waals surface area (Å²) in [5.74, 6) is -1.08. The van der Waals surface area contributed by atoms with Crippen LogP contribution in [0.15, 0.2) is 132 Å². The molecule has 50 heavy (non-hydrogen) atoms. The molecule has 0 fully saturated rings. The second-order valence-electron chi connectivity index (χ2n) is 11.3. The lowest BCUT2D eigenvalue weighted by molar-refractivity contribution is -0.142. The number of hydrogen-bond donors (Lipinski definition) is 2. The van der Waals surface area contributed by atoms with Crippen molar-refractivity contribution in [3.63, 3.8) is 0 Å². The van der Waals surface area contributed by atoms with Crippen molar-refractivity contribution in [3.8, 4) is 11.5 Å². The lowest BCUT2D eigenvalue weighted by Crippen LogP contribution is -2.51. The zero-order valence-corrected chi connectivity index (χ0v) is 27.9. The van der Waals surface area contributed by atoms with Crippen LogP contribution in [0.3, 0.4) is 0 Å². The fraction of sp³-hybridized carbons (Fsp3) is 0.158. The molecule has 0 aliphatic carbocycles. The van der Waals surface area contributed by atoms with Gasteiger partial charge in [0.05, 0.1) is 12.0 Å². The summed E-state index contributed by atoms with van der Waals surface area (Å²) in [6.07, 6.45) is 0.180. The van der Waals surface area contributed by atoms with Crippen LogP contribution in [0, 0.1) is 11.6 Å². The van der Waals surface area contributed by atoms with Gasteiger partial charge >= 0.3 is 0 Å². The molecule has 2 N–H and O–H groups in total. The first-order valence-electron chi connectivity index (χ1n) is 15.6. The Bertz CT molecular complexity index is 1990. The van der Waals surface area contributed by atoms with Crippen LogP contribution in [0.25, 0.3) is 0 Å². The van der Waals surface area contributed by atoms with E-state index < -0.39 is 46.1 Å². The maximum Gasteiger partial charge on any atom is 0.261 e. The molecule has 1 unspecified atom stereocenters. The van der Waals surface area contributed by atoms with Gasteiger partial charge in [0.15, 0.2) is 6.61 Å². The number of hydrogen-bond acceptors (Lipinski definition) is 6. The SMILES string of the molecule is COc1ccccc1CNC(=O)C(Cc1ccccc1)N(Cc1ccc(F)cc1)C(=O)COc1ccc(S(=O)(=O)Nc2ccc(F)cc2)cc1. The summed E-state index contributed by atoms with van der Waals surface area (Å²) in [4.78, 5) is 29.2. The van der Waals surface area contributed by atoms with E-state index in [1.54, 1.807) is 25.3 Å². The highest BCUT2D eigenvalue weighted by atomic mass is 32.2. The van der Waals surface area contributed by atoms with Crippen molar-refractivity contribution in [3.05, 3.63) is 156 Å². The van der Waals surface area contributed by atoms with Crippen molar-refractivity contribution >= 4 is 27.5 Å². The fourth-order valence-corrected chi connectivity index (χ4v) is 6.22. The van der Waals surface area contributed by atoms with E-state index in [0.29, 0.717) is 11.3 Å².